The number of aromatic nitrogens is 4. The predicted octanol–water partition coefficient (Wildman–Crippen LogP) is 3.08. The zero-order valence-electron chi connectivity index (χ0n) is 14.3. The van der Waals surface area contributed by atoms with E-state index in [-0.39, 0.29) is 0 Å². The normalized spacial score (nSPS) is 18.3. The lowest BCUT2D eigenvalue weighted by Gasteiger charge is -2.32. The van der Waals surface area contributed by atoms with Gasteiger partial charge in [-0.25, -0.2) is 9.97 Å². The van der Waals surface area contributed by atoms with Crippen LogP contribution in [0.25, 0.3) is 5.82 Å². The van der Waals surface area contributed by atoms with Crippen LogP contribution in [0.4, 0.5) is 0 Å². The molecule has 1 aromatic carbocycles. The maximum atomic E-state index is 4.83. The smallest absolute Gasteiger partial charge is 0.156 e. The molecule has 25 heavy (non-hydrogen) atoms. The summed E-state index contributed by atoms with van der Waals surface area (Å²) in [6.45, 7) is 3.35. The lowest BCUT2D eigenvalue weighted by molar-refractivity contribution is 0.208. The van der Waals surface area contributed by atoms with E-state index in [1.54, 1.807) is 18.7 Å². The van der Waals surface area contributed by atoms with Gasteiger partial charge in [0.1, 0.15) is 6.33 Å². The van der Waals surface area contributed by atoms with Gasteiger partial charge in [-0.1, -0.05) is 30.3 Å². The van der Waals surface area contributed by atoms with Crippen molar-refractivity contribution in [3.63, 3.8) is 0 Å². The summed E-state index contributed by atoms with van der Waals surface area (Å²) < 4.78 is 1.91. The van der Waals surface area contributed by atoms with Gasteiger partial charge in [0.2, 0.25) is 0 Å². The van der Waals surface area contributed by atoms with Gasteiger partial charge in [0.25, 0.3) is 0 Å². The second-order valence-electron chi connectivity index (χ2n) is 6.65. The van der Waals surface area contributed by atoms with Crippen LogP contribution >= 0.6 is 0 Å². The van der Waals surface area contributed by atoms with Crippen molar-refractivity contribution >= 4 is 0 Å². The van der Waals surface area contributed by atoms with E-state index in [1.807, 2.05) is 17.0 Å². The van der Waals surface area contributed by atoms with E-state index in [1.165, 1.54) is 24.9 Å². The number of piperidine rings is 1. The quantitative estimate of drug-likeness (QED) is 0.720. The lowest BCUT2D eigenvalue weighted by Crippen LogP contribution is -2.36. The molecule has 1 saturated heterocycles. The van der Waals surface area contributed by atoms with Crippen LogP contribution in [0.5, 0.6) is 0 Å². The monoisotopic (exact) mass is 333 g/mol. The summed E-state index contributed by atoms with van der Waals surface area (Å²) in [6.07, 6.45) is 12.7. The molecule has 5 heteroatoms. The van der Waals surface area contributed by atoms with Crippen LogP contribution in [0.2, 0.25) is 0 Å². The van der Waals surface area contributed by atoms with Crippen molar-refractivity contribution in [2.24, 2.45) is 0 Å². The number of likely N-dealkylation sites (tertiary alicyclic amines) is 1. The van der Waals surface area contributed by atoms with Crippen LogP contribution in [0.15, 0.2) is 61.4 Å². The first kappa shape index (κ1) is 16.0. The standard InChI is InChI=1S/C20H23N5/c1-2-5-17(6-3-1)8-11-24-10-4-7-18(15-24)19-13-22-14-20(23-19)25-12-9-21-16-25/h1-3,5-6,9,12-14,16,18H,4,7-8,10-11,15H2/t18-/m1/s1. The molecule has 0 saturated carbocycles. The van der Waals surface area contributed by atoms with Crippen molar-refractivity contribution in [3.05, 3.63) is 72.7 Å². The van der Waals surface area contributed by atoms with Crippen LogP contribution in [0, 0.1) is 0 Å². The third-order valence-corrected chi connectivity index (χ3v) is 4.89. The highest BCUT2D eigenvalue weighted by atomic mass is 15.1. The third kappa shape index (κ3) is 3.94. The highest BCUT2D eigenvalue weighted by molar-refractivity contribution is 5.21. The molecule has 5 nitrogen and oxygen atoms in total. The van der Waals surface area contributed by atoms with Crippen LogP contribution in [-0.4, -0.2) is 44.1 Å². The van der Waals surface area contributed by atoms with Gasteiger partial charge in [-0.3, -0.25) is 9.55 Å². The zero-order valence-corrected chi connectivity index (χ0v) is 14.3. The van der Waals surface area contributed by atoms with Crippen LogP contribution in [0.1, 0.15) is 30.0 Å². The Morgan fingerprint density at radius 2 is 2.00 bits per heavy atom. The van der Waals surface area contributed by atoms with Crippen LogP contribution in [0.3, 0.4) is 0 Å². The van der Waals surface area contributed by atoms with E-state index < -0.39 is 0 Å². The molecule has 0 spiro atoms. The molecule has 2 aromatic heterocycles. The predicted molar refractivity (Wildman–Crippen MR) is 97.7 cm³/mol. The molecule has 128 valence electrons. The molecule has 0 amide bonds. The van der Waals surface area contributed by atoms with Gasteiger partial charge >= 0.3 is 0 Å². The number of imidazole rings is 1. The Morgan fingerprint density at radius 3 is 2.84 bits per heavy atom. The van der Waals surface area contributed by atoms with E-state index in [0.29, 0.717) is 5.92 Å². The number of rotatable bonds is 5. The molecule has 1 fully saturated rings. The van der Waals surface area contributed by atoms with E-state index in [2.05, 4.69) is 45.2 Å². The SMILES string of the molecule is c1ccc(CCN2CCC[C@@H](c3cncc(-n4ccnc4)n3)C2)cc1. The molecule has 3 aromatic rings. The summed E-state index contributed by atoms with van der Waals surface area (Å²) in [4.78, 5) is 15.9. The number of benzene rings is 1. The van der Waals surface area contributed by atoms with Gasteiger partial charge in [-0.05, 0) is 31.4 Å². The van der Waals surface area contributed by atoms with Gasteiger partial charge in [-0.2, -0.15) is 0 Å². The summed E-state index contributed by atoms with van der Waals surface area (Å²) in [5.41, 5.74) is 2.50. The Balaban J connectivity index is 1.42. The minimum absolute atomic E-state index is 0.459. The molecular weight excluding hydrogens is 310 g/mol. The van der Waals surface area contributed by atoms with Crippen molar-refractivity contribution in [1.82, 2.24) is 24.4 Å². The Kier molecular flexibility index (Phi) is 4.84. The summed E-state index contributed by atoms with van der Waals surface area (Å²) in [5.74, 6) is 1.30. The van der Waals surface area contributed by atoms with Crippen LogP contribution in [-0.2, 0) is 6.42 Å². The molecule has 0 N–H and O–H groups in total. The average Bonchev–Trinajstić information content (AvgIpc) is 3.22. The van der Waals surface area contributed by atoms with Gasteiger partial charge < -0.3 is 4.90 Å². The second kappa shape index (κ2) is 7.57. The van der Waals surface area contributed by atoms with E-state index in [9.17, 15) is 0 Å². The number of hydrogen-bond acceptors (Lipinski definition) is 4. The first-order valence-corrected chi connectivity index (χ1v) is 8.95. The Labute approximate surface area is 148 Å². The molecular formula is C20H23N5. The molecule has 1 aliphatic heterocycles. The maximum Gasteiger partial charge on any atom is 0.156 e. The molecule has 0 bridgehead atoms. The fraction of sp³-hybridized carbons (Fsp3) is 0.350. The first-order valence-electron chi connectivity index (χ1n) is 8.95. The minimum atomic E-state index is 0.459. The largest absolute Gasteiger partial charge is 0.302 e. The van der Waals surface area contributed by atoms with Crippen molar-refractivity contribution in [2.75, 3.05) is 19.6 Å². The molecule has 0 unspecified atom stereocenters. The van der Waals surface area contributed by atoms with Crippen molar-refractivity contribution in [3.8, 4) is 5.82 Å². The van der Waals surface area contributed by atoms with Gasteiger partial charge in [0.15, 0.2) is 5.82 Å². The van der Waals surface area contributed by atoms with Gasteiger partial charge in [0, 0.05) is 37.6 Å². The molecule has 0 aliphatic carbocycles. The minimum Gasteiger partial charge on any atom is -0.302 e. The summed E-state index contributed by atoms with van der Waals surface area (Å²) in [6, 6.07) is 10.7. The number of hydrogen-bond donors (Lipinski definition) is 0. The van der Waals surface area contributed by atoms with E-state index >= 15 is 0 Å². The van der Waals surface area contributed by atoms with Crippen LogP contribution < -0.4 is 0 Å². The average molecular weight is 333 g/mol. The highest BCUT2D eigenvalue weighted by Crippen LogP contribution is 2.25. The van der Waals surface area contributed by atoms with Gasteiger partial charge in [0.05, 0.1) is 11.9 Å². The fourth-order valence-electron chi connectivity index (χ4n) is 3.52. The zero-order chi connectivity index (χ0) is 16.9. The summed E-state index contributed by atoms with van der Waals surface area (Å²) >= 11 is 0. The molecule has 0 radical (unpaired) electrons. The van der Waals surface area contributed by atoms with Crippen molar-refractivity contribution in [2.45, 2.75) is 25.2 Å². The molecule has 3 heterocycles. The maximum absolute atomic E-state index is 4.83. The Bertz CT molecular complexity index is 785. The lowest BCUT2D eigenvalue weighted by atomic mass is 9.94. The van der Waals surface area contributed by atoms with Crippen molar-refractivity contribution in [1.29, 1.82) is 0 Å². The second-order valence-corrected chi connectivity index (χ2v) is 6.65. The first-order chi connectivity index (χ1) is 12.4. The highest BCUT2D eigenvalue weighted by Gasteiger charge is 2.22. The van der Waals surface area contributed by atoms with Crippen molar-refractivity contribution < 1.29 is 0 Å². The summed E-state index contributed by atoms with van der Waals surface area (Å²) in [7, 11) is 0. The number of nitrogens with zero attached hydrogens (tertiary/aromatic N) is 5. The fourth-order valence-corrected chi connectivity index (χ4v) is 3.52. The topological polar surface area (TPSA) is 46.8 Å². The molecule has 1 aliphatic rings. The Hall–Kier alpha value is -2.53. The summed E-state index contributed by atoms with van der Waals surface area (Å²) in [5, 5.41) is 0. The van der Waals surface area contributed by atoms with Gasteiger partial charge in [-0.15, -0.1) is 0 Å². The van der Waals surface area contributed by atoms with E-state index in [4.69, 9.17) is 4.98 Å². The third-order valence-electron chi connectivity index (χ3n) is 4.89. The Morgan fingerprint density at radius 1 is 1.08 bits per heavy atom. The molecule has 4 rings (SSSR count). The molecule has 1 atom stereocenters. The van der Waals surface area contributed by atoms with E-state index in [0.717, 1.165) is 31.0 Å².